The van der Waals surface area contributed by atoms with E-state index in [1.807, 2.05) is 103 Å². The summed E-state index contributed by atoms with van der Waals surface area (Å²) in [4.78, 5) is 19.7. The summed E-state index contributed by atoms with van der Waals surface area (Å²) in [5.74, 6) is 1.53. The van der Waals surface area contributed by atoms with E-state index in [1.165, 1.54) is 5.56 Å². The predicted molar refractivity (Wildman–Crippen MR) is 202 cm³/mol. The molecule has 0 spiro atoms. The molecular formula is C45H27N5O. The van der Waals surface area contributed by atoms with Gasteiger partial charge in [0, 0.05) is 21.9 Å². The third-order valence-corrected chi connectivity index (χ3v) is 9.01. The topological polar surface area (TPSA) is 88.5 Å². The van der Waals surface area contributed by atoms with Crippen molar-refractivity contribution in [2.45, 2.75) is 0 Å². The van der Waals surface area contributed by atoms with Gasteiger partial charge in [-0.1, -0.05) is 127 Å². The maximum atomic E-state index is 9.36. The van der Waals surface area contributed by atoms with Crippen LogP contribution in [0.3, 0.4) is 0 Å². The summed E-state index contributed by atoms with van der Waals surface area (Å²) in [7, 11) is 0. The molecular weight excluding hydrogens is 627 g/mol. The Morgan fingerprint density at radius 2 is 1.00 bits per heavy atom. The van der Waals surface area contributed by atoms with Gasteiger partial charge in [0.1, 0.15) is 11.3 Å². The smallest absolute Gasteiger partial charge is 0.227 e. The quantitative estimate of drug-likeness (QED) is 0.177. The summed E-state index contributed by atoms with van der Waals surface area (Å²) in [5, 5.41) is 11.3. The zero-order chi connectivity index (χ0) is 34.1. The van der Waals surface area contributed by atoms with E-state index in [9.17, 15) is 5.26 Å². The summed E-state index contributed by atoms with van der Waals surface area (Å²) in [6, 6.07) is 56.8. The summed E-state index contributed by atoms with van der Waals surface area (Å²) < 4.78 is 6.39. The van der Waals surface area contributed by atoms with Crippen LogP contribution in [0.2, 0.25) is 0 Å². The molecule has 0 radical (unpaired) electrons. The molecule has 9 aromatic rings. The number of pyridine rings is 1. The van der Waals surface area contributed by atoms with Crippen LogP contribution in [0, 0.1) is 11.3 Å². The second kappa shape index (κ2) is 12.7. The van der Waals surface area contributed by atoms with Crippen LogP contribution in [0.15, 0.2) is 168 Å². The summed E-state index contributed by atoms with van der Waals surface area (Å²) in [5.41, 5.74) is 10.7. The lowest BCUT2D eigenvalue weighted by molar-refractivity contribution is 0.654. The second-order valence-corrected chi connectivity index (χ2v) is 12.2. The van der Waals surface area contributed by atoms with Crippen LogP contribution in [0.4, 0.5) is 0 Å². The van der Waals surface area contributed by atoms with Crippen LogP contribution in [0.1, 0.15) is 5.56 Å². The van der Waals surface area contributed by atoms with Crippen molar-refractivity contribution in [2.75, 3.05) is 0 Å². The first-order chi connectivity index (χ1) is 25.2. The Balaban J connectivity index is 1.13. The van der Waals surface area contributed by atoms with Crippen LogP contribution < -0.4 is 0 Å². The number of hydrogen-bond acceptors (Lipinski definition) is 6. The first-order valence-electron chi connectivity index (χ1n) is 16.6. The van der Waals surface area contributed by atoms with E-state index in [0.29, 0.717) is 34.4 Å². The monoisotopic (exact) mass is 653 g/mol. The number of benzene rings is 6. The lowest BCUT2D eigenvalue weighted by Crippen LogP contribution is -2.01. The molecule has 51 heavy (non-hydrogen) atoms. The number of rotatable bonds is 6. The molecule has 6 aromatic carbocycles. The molecule has 238 valence electrons. The van der Waals surface area contributed by atoms with Gasteiger partial charge in [-0.3, -0.25) is 0 Å². The van der Waals surface area contributed by atoms with E-state index in [1.54, 1.807) is 6.07 Å². The van der Waals surface area contributed by atoms with Crippen LogP contribution in [0.25, 0.3) is 89.7 Å². The summed E-state index contributed by atoms with van der Waals surface area (Å²) in [6.07, 6.45) is 0. The number of aromatic nitrogens is 4. The van der Waals surface area contributed by atoms with Gasteiger partial charge in [-0.25, -0.2) is 19.9 Å². The minimum Gasteiger partial charge on any atom is -0.438 e. The fourth-order valence-corrected chi connectivity index (χ4v) is 6.48. The SMILES string of the molecule is N#Cc1cccc(-c2ccc(-c3nc(-c4ccccc4)nc(-c4ccc5c(n4)oc4cccc(-c6cccc(-c7ccccc7)c6)c45)n3)cc2)c1. The minimum atomic E-state index is 0.447. The Morgan fingerprint density at radius 1 is 0.431 bits per heavy atom. The summed E-state index contributed by atoms with van der Waals surface area (Å²) in [6.45, 7) is 0. The molecule has 0 aliphatic heterocycles. The molecule has 6 heteroatoms. The van der Waals surface area contributed by atoms with E-state index < -0.39 is 0 Å². The van der Waals surface area contributed by atoms with Gasteiger partial charge in [0.2, 0.25) is 5.71 Å². The Labute approximate surface area is 294 Å². The van der Waals surface area contributed by atoms with Gasteiger partial charge in [-0.2, -0.15) is 5.26 Å². The first kappa shape index (κ1) is 29.9. The minimum absolute atomic E-state index is 0.447. The van der Waals surface area contributed by atoms with Gasteiger partial charge in [-0.05, 0) is 69.8 Å². The van der Waals surface area contributed by atoms with Crippen LogP contribution in [-0.4, -0.2) is 19.9 Å². The van der Waals surface area contributed by atoms with Crippen molar-refractivity contribution in [3.05, 3.63) is 169 Å². The molecule has 0 N–H and O–H groups in total. The lowest BCUT2D eigenvalue weighted by atomic mass is 9.96. The van der Waals surface area contributed by atoms with E-state index in [2.05, 4.69) is 60.7 Å². The van der Waals surface area contributed by atoms with Gasteiger partial charge in [0.25, 0.3) is 0 Å². The maximum Gasteiger partial charge on any atom is 0.227 e. The number of nitriles is 1. The zero-order valence-corrected chi connectivity index (χ0v) is 27.2. The van der Waals surface area contributed by atoms with E-state index in [-0.39, 0.29) is 0 Å². The fraction of sp³-hybridized carbons (Fsp3) is 0. The Morgan fingerprint density at radius 3 is 1.75 bits per heavy atom. The van der Waals surface area contributed by atoms with Crippen molar-refractivity contribution in [3.63, 3.8) is 0 Å². The van der Waals surface area contributed by atoms with E-state index >= 15 is 0 Å². The van der Waals surface area contributed by atoms with Gasteiger partial charge in [0.05, 0.1) is 11.6 Å². The highest BCUT2D eigenvalue weighted by Gasteiger charge is 2.18. The molecule has 0 atom stereocenters. The molecule has 0 unspecified atom stereocenters. The first-order valence-corrected chi connectivity index (χ1v) is 16.6. The molecule has 6 nitrogen and oxygen atoms in total. The van der Waals surface area contributed by atoms with Crippen molar-refractivity contribution in [3.8, 4) is 73.7 Å². The molecule has 3 heterocycles. The third kappa shape index (κ3) is 5.69. The van der Waals surface area contributed by atoms with Crippen molar-refractivity contribution in [1.82, 2.24) is 19.9 Å². The van der Waals surface area contributed by atoms with Crippen molar-refractivity contribution in [1.29, 1.82) is 5.26 Å². The molecule has 0 fully saturated rings. The van der Waals surface area contributed by atoms with E-state index in [4.69, 9.17) is 24.4 Å². The molecule has 3 aromatic heterocycles. The standard InChI is InChI=1S/C45H27N5O/c46-28-29-10-7-15-34(26-29)31-20-22-33(23-21-31)43-48-42(32-13-5-2-6-14-32)49-44(50-43)39-25-24-38-41-37(18-9-19-40(41)51-45(38)47-39)36-17-8-16-35(27-36)30-11-3-1-4-12-30/h1-27H. The second-order valence-electron chi connectivity index (χ2n) is 12.2. The average molecular weight is 654 g/mol. The lowest BCUT2D eigenvalue weighted by Gasteiger charge is -2.09. The molecule has 0 aliphatic rings. The van der Waals surface area contributed by atoms with Crippen LogP contribution in [0.5, 0.6) is 0 Å². The van der Waals surface area contributed by atoms with Crippen molar-refractivity contribution < 1.29 is 4.42 Å². The maximum absolute atomic E-state index is 9.36. The Hall–Kier alpha value is -7.23. The highest BCUT2D eigenvalue weighted by Crippen LogP contribution is 2.38. The van der Waals surface area contributed by atoms with Crippen molar-refractivity contribution in [2.24, 2.45) is 0 Å². The Bertz CT molecular complexity index is 2750. The van der Waals surface area contributed by atoms with E-state index in [0.717, 1.165) is 55.3 Å². The largest absolute Gasteiger partial charge is 0.438 e. The summed E-state index contributed by atoms with van der Waals surface area (Å²) >= 11 is 0. The van der Waals surface area contributed by atoms with Gasteiger partial charge < -0.3 is 4.42 Å². The molecule has 0 amide bonds. The molecule has 0 aliphatic carbocycles. The normalized spacial score (nSPS) is 11.1. The fourth-order valence-electron chi connectivity index (χ4n) is 6.48. The molecule has 9 rings (SSSR count). The zero-order valence-electron chi connectivity index (χ0n) is 27.2. The van der Waals surface area contributed by atoms with Crippen molar-refractivity contribution >= 4 is 22.1 Å². The predicted octanol–water partition coefficient (Wildman–Crippen LogP) is 11.0. The Kier molecular flexibility index (Phi) is 7.42. The third-order valence-electron chi connectivity index (χ3n) is 9.01. The van der Waals surface area contributed by atoms with Crippen LogP contribution in [-0.2, 0) is 0 Å². The highest BCUT2D eigenvalue weighted by atomic mass is 16.3. The molecule has 0 bridgehead atoms. The number of fused-ring (bicyclic) bond motifs is 3. The number of furan rings is 1. The molecule has 0 saturated carbocycles. The average Bonchev–Trinajstić information content (AvgIpc) is 3.60. The van der Waals surface area contributed by atoms with Crippen LogP contribution >= 0.6 is 0 Å². The number of nitrogens with zero attached hydrogens (tertiary/aromatic N) is 5. The van der Waals surface area contributed by atoms with Gasteiger partial charge in [0.15, 0.2) is 17.5 Å². The van der Waals surface area contributed by atoms with Gasteiger partial charge >= 0.3 is 0 Å². The molecule has 0 saturated heterocycles. The number of hydrogen-bond donors (Lipinski definition) is 0. The highest BCUT2D eigenvalue weighted by molar-refractivity contribution is 6.12. The van der Waals surface area contributed by atoms with Gasteiger partial charge in [-0.15, -0.1) is 0 Å².